The van der Waals surface area contributed by atoms with Crippen molar-refractivity contribution < 1.29 is 134 Å². The summed E-state index contributed by atoms with van der Waals surface area (Å²) >= 11 is 8.85. The van der Waals surface area contributed by atoms with E-state index >= 15 is 0 Å². The number of rotatable bonds is 10. The van der Waals surface area contributed by atoms with Gasteiger partial charge in [0.25, 0.3) is 0 Å². The third-order valence-electron chi connectivity index (χ3n) is 4.13. The van der Waals surface area contributed by atoms with Crippen molar-refractivity contribution in [1.82, 2.24) is 0 Å². The number of carboxylic acid groups (broad SMARTS) is 2. The molecule has 0 fully saturated rings. The maximum atomic E-state index is 11.6. The summed E-state index contributed by atoms with van der Waals surface area (Å²) in [6.07, 6.45) is 0. The molecule has 0 spiro atoms. The Labute approximate surface area is 347 Å². The van der Waals surface area contributed by atoms with Crippen LogP contribution in [0.3, 0.4) is 0 Å². The van der Waals surface area contributed by atoms with Gasteiger partial charge in [0.2, 0.25) is 0 Å². The van der Waals surface area contributed by atoms with Crippen molar-refractivity contribution in [2.75, 3.05) is 39.3 Å². The van der Waals surface area contributed by atoms with Gasteiger partial charge in [-0.3, -0.25) is 4.93 Å². The van der Waals surface area contributed by atoms with Crippen LogP contribution in [0.25, 0.3) is 0 Å². The smallest absolute Gasteiger partial charge is 1.00 e. The molecule has 0 aliphatic rings. The van der Waals surface area contributed by atoms with Gasteiger partial charge in [-0.15, -0.1) is 0 Å². The molecule has 0 aliphatic carbocycles. The summed E-state index contributed by atoms with van der Waals surface area (Å²) in [5.41, 5.74) is 0. The van der Waals surface area contributed by atoms with E-state index in [-0.39, 0.29) is 60.5 Å². The minimum atomic E-state index is -6.08. The molecular weight excluding hydrogens is 1160 g/mol. The van der Waals surface area contributed by atoms with E-state index in [1.165, 1.54) is 39.3 Å². The van der Waals surface area contributed by atoms with Crippen molar-refractivity contribution in [2.24, 2.45) is 0 Å². The van der Waals surface area contributed by atoms with Crippen molar-refractivity contribution in [1.29, 1.82) is 0 Å². The van der Waals surface area contributed by atoms with Crippen LogP contribution in [0, 0.1) is 4.93 Å². The van der Waals surface area contributed by atoms with E-state index in [1.54, 1.807) is 9.80 Å². The van der Waals surface area contributed by atoms with E-state index in [0.717, 1.165) is -0.0619 Å². The summed E-state index contributed by atoms with van der Waals surface area (Å²) in [5, 5.41) is 4.44. The fourth-order valence-electron chi connectivity index (χ4n) is 1.71. The molecule has 25 heteroatoms. The third kappa shape index (κ3) is 41.3. The second-order valence-corrected chi connectivity index (χ2v) is 20.1. The molecule has 0 heterocycles. The molecule has 43 heavy (non-hydrogen) atoms. The van der Waals surface area contributed by atoms with Gasteiger partial charge in [0.15, 0.2) is 20.2 Å². The molecule has 261 valence electrons. The van der Waals surface area contributed by atoms with Crippen molar-refractivity contribution >= 4 is 123 Å². The van der Waals surface area contributed by atoms with Crippen molar-refractivity contribution in [3.05, 3.63) is 4.93 Å². The molecule has 0 aromatic rings. The minimum absolute atomic E-state index is 0. The van der Waals surface area contributed by atoms with Crippen LogP contribution in [0.2, 0.25) is 0 Å². The molecule has 0 bridgehead atoms. The number of aliphatic carboxylic acids is 2. The largest absolute Gasteiger partial charge is 1.00 e. The average Bonchev–Trinajstić information content (AvgIpc) is 2.82. The fraction of sp³-hybridized carbons (Fsp3) is 0.833. The summed E-state index contributed by atoms with van der Waals surface area (Å²) in [6, 6.07) is 0. The average molecular weight is 1200 g/mol. The van der Waals surface area contributed by atoms with Crippen LogP contribution in [0.5, 0.6) is 0 Å². The summed E-state index contributed by atoms with van der Waals surface area (Å²) in [4.78, 5) is 25.3. The van der Waals surface area contributed by atoms with E-state index < -0.39 is 42.7 Å². The van der Waals surface area contributed by atoms with Crippen molar-refractivity contribution in [3.8, 4) is 0 Å². The predicted octanol–water partition coefficient (Wildman–Crippen LogP) is -3.93. The molecule has 0 unspecified atom stereocenters. The first-order valence-electron chi connectivity index (χ1n) is 10.8. The van der Waals surface area contributed by atoms with Gasteiger partial charge in [-0.1, -0.05) is 67.8 Å². The first-order chi connectivity index (χ1) is 17.8. The molecule has 0 saturated carbocycles. The molecule has 0 rings (SSSR count). The molecular formula is C18H37ClF4I4N2NaO10S2V-. The number of hydrogen-bond acceptors (Lipinski definition) is 8. The number of alkyl halides is 7. The van der Waals surface area contributed by atoms with Crippen molar-refractivity contribution in [2.45, 2.75) is 52.0 Å². The van der Waals surface area contributed by atoms with E-state index in [2.05, 4.69) is 114 Å². The Morgan fingerprint density at radius 1 is 0.698 bits per heavy atom. The molecule has 0 aliphatic heterocycles. The molecule has 0 aromatic heterocycles. The SMILES string of the molecule is CC[NH+](CC)CC.CC[NH+](CC)CC.IC(I)I.O=C(O)C(F)(F)S(=O)(=O)[O-].O=C(O)C(F)(F)S(=O)(=O)[O-].[CH2-]I.[Cl-].[Na+].[V]. The first kappa shape index (κ1) is 68.2. The fourth-order valence-corrected chi connectivity index (χ4v) is 2.14. The molecule has 0 amide bonds. The molecule has 12 nitrogen and oxygen atoms in total. The van der Waals surface area contributed by atoms with Crippen LogP contribution in [0.4, 0.5) is 17.6 Å². The van der Waals surface area contributed by atoms with E-state index in [1.807, 2.05) is 22.6 Å². The molecule has 0 atom stereocenters. The minimum Gasteiger partial charge on any atom is -1.00 e. The third-order valence-corrected chi connectivity index (χ3v) is 5.73. The van der Waals surface area contributed by atoms with E-state index in [9.17, 15) is 53.1 Å². The Kier molecular flexibility index (Phi) is 60.3. The molecule has 4 N–H and O–H groups in total. The second kappa shape index (κ2) is 38.0. The van der Waals surface area contributed by atoms with Crippen molar-refractivity contribution in [3.63, 3.8) is 0 Å². The van der Waals surface area contributed by atoms with Gasteiger partial charge in [0.1, 0.15) is -0.0619 Å². The second-order valence-electron chi connectivity index (χ2n) is 6.42. The van der Waals surface area contributed by atoms with Gasteiger partial charge in [0, 0.05) is 18.6 Å². The van der Waals surface area contributed by atoms with Crippen LogP contribution >= 0.6 is 90.4 Å². The maximum absolute atomic E-state index is 11.6. The monoisotopic (exact) mass is 1200 g/mol. The predicted molar refractivity (Wildman–Crippen MR) is 175 cm³/mol. The zero-order valence-electron chi connectivity index (χ0n) is 24.4. The van der Waals surface area contributed by atoms with Gasteiger partial charge in [0.05, 0.1) is 39.3 Å². The maximum Gasteiger partial charge on any atom is 1.00 e. The molecule has 0 aromatic carbocycles. The quantitative estimate of drug-likeness (QED) is 0.0419. The number of hydrogen-bond donors (Lipinski definition) is 4. The van der Waals surface area contributed by atoms with Gasteiger partial charge >= 0.3 is 52.0 Å². The number of nitrogens with one attached hydrogen (secondary N) is 2. The summed E-state index contributed by atoms with van der Waals surface area (Å²) in [7, 11) is -12.2. The van der Waals surface area contributed by atoms with E-state index in [4.69, 9.17) is 10.2 Å². The van der Waals surface area contributed by atoms with Gasteiger partial charge < -0.3 is 64.1 Å². The zero-order valence-corrected chi connectivity index (χ0v) is 38.8. The Balaban J connectivity index is -0.0000000476. The normalized spacial score (nSPS) is 10.4. The van der Waals surface area contributed by atoms with Crippen LogP contribution in [-0.2, 0) is 48.4 Å². The first-order valence-corrected chi connectivity index (χ1v) is 18.9. The molecule has 0 saturated heterocycles. The summed E-state index contributed by atoms with van der Waals surface area (Å²) < 4.78 is 103. The van der Waals surface area contributed by atoms with Gasteiger partial charge in [-0.25, -0.2) is 26.4 Å². The Hall–Kier alpha value is 3.19. The van der Waals surface area contributed by atoms with Crippen LogP contribution in [-0.4, -0.2) is 97.8 Å². The zero-order chi connectivity index (χ0) is 34.1. The Bertz CT molecular complexity index is 790. The van der Waals surface area contributed by atoms with Crippen LogP contribution in [0.15, 0.2) is 0 Å². The topological polar surface area (TPSA) is 198 Å². The Morgan fingerprint density at radius 3 is 0.814 bits per heavy atom. The summed E-state index contributed by atoms with van der Waals surface area (Å²) in [6.45, 7) is 21.0. The number of halogens is 9. The Morgan fingerprint density at radius 2 is 0.814 bits per heavy atom. The summed E-state index contributed by atoms with van der Waals surface area (Å²) in [5.74, 6) is -5.94. The number of carbonyl (C=O) groups is 2. The van der Waals surface area contributed by atoms with Gasteiger partial charge in [-0.05, 0) is 41.5 Å². The molecule has 1 radical (unpaired) electrons. The van der Waals surface area contributed by atoms with E-state index in [0.29, 0.717) is 0 Å². The van der Waals surface area contributed by atoms with Crippen LogP contribution in [0.1, 0.15) is 41.5 Å². The number of quaternary nitrogens is 2. The van der Waals surface area contributed by atoms with Crippen LogP contribution < -0.4 is 51.8 Å². The number of carboxylic acids is 2. The standard InChI is InChI=1S/2C6H15N.2C2H2F2O5S.CHI3.CH2I.ClH.Na.V/c2*1-4-7(5-2)6-3;2*3-2(4,1(5)6)10(7,8)9;2-1(3)4;1-2;;;/h2*4-6H2,1-3H3;2*(H,5,6)(H,7,8,9);1H;1H2;1H;;/q;;;;;-1;;+1;/p-1. The van der Waals surface area contributed by atoms with Gasteiger partial charge in [-0.2, -0.15) is 17.6 Å².